The number of aromatic nitrogens is 2. The fourth-order valence-corrected chi connectivity index (χ4v) is 2.67. The van der Waals surface area contributed by atoms with Crippen LogP contribution in [0.2, 0.25) is 0 Å². The van der Waals surface area contributed by atoms with Crippen molar-refractivity contribution in [1.82, 2.24) is 9.55 Å². The van der Waals surface area contributed by atoms with E-state index in [1.807, 2.05) is 24.3 Å². The third-order valence-electron chi connectivity index (χ3n) is 3.86. The second kappa shape index (κ2) is 5.00. The molecule has 0 aliphatic heterocycles. The third-order valence-corrected chi connectivity index (χ3v) is 3.86. The Hall–Kier alpha value is -1.90. The van der Waals surface area contributed by atoms with Crippen LogP contribution in [0.1, 0.15) is 47.1 Å². The number of rotatable bonds is 2. The van der Waals surface area contributed by atoms with Gasteiger partial charge in [0, 0.05) is 11.3 Å². The number of hydrogen-bond donors (Lipinski definition) is 0. The largest absolute Gasteiger partial charge is 0.269 e. The maximum atomic E-state index is 12.5. The molecule has 0 spiro atoms. The summed E-state index contributed by atoms with van der Waals surface area (Å²) in [5.41, 5.74) is 4.20. The number of hydrogen-bond acceptors (Lipinski definition) is 2. The Kier molecular flexibility index (Phi) is 3.20. The fraction of sp³-hybridized carbons (Fsp3) is 0.375. The highest BCUT2D eigenvalue weighted by Crippen LogP contribution is 2.20. The predicted octanol–water partition coefficient (Wildman–Crippen LogP) is 3.01. The highest BCUT2D eigenvalue weighted by molar-refractivity contribution is 5.96. The molecule has 1 aliphatic rings. The molecule has 0 radical (unpaired) electrons. The molecule has 1 aromatic carbocycles. The smallest absolute Gasteiger partial charge is 0.263 e. The molecule has 98 valence electrons. The number of benzene rings is 1. The van der Waals surface area contributed by atoms with Gasteiger partial charge in [-0.05, 0) is 49.8 Å². The zero-order valence-corrected chi connectivity index (χ0v) is 11.2. The quantitative estimate of drug-likeness (QED) is 0.825. The normalized spacial score (nSPS) is 14.2. The summed E-state index contributed by atoms with van der Waals surface area (Å²) in [7, 11) is 0. The molecule has 3 heteroatoms. The standard InChI is InChI=1S/C16H18N2O/c1-2-12-7-9-13(10-8-12)16(19)18-11-17-14-5-3-4-6-15(14)18/h7-11H,2-6H2,1H3. The zero-order chi connectivity index (χ0) is 13.2. The van der Waals surface area contributed by atoms with E-state index in [-0.39, 0.29) is 5.91 Å². The highest BCUT2D eigenvalue weighted by Gasteiger charge is 2.19. The molecule has 0 fully saturated rings. The van der Waals surface area contributed by atoms with Gasteiger partial charge in [0.05, 0.1) is 5.69 Å². The first-order chi connectivity index (χ1) is 9.29. The van der Waals surface area contributed by atoms with Crippen molar-refractivity contribution in [3.8, 4) is 0 Å². The van der Waals surface area contributed by atoms with E-state index in [1.54, 1.807) is 10.9 Å². The van der Waals surface area contributed by atoms with Crippen molar-refractivity contribution in [2.75, 3.05) is 0 Å². The predicted molar refractivity (Wildman–Crippen MR) is 74.4 cm³/mol. The molecule has 0 saturated carbocycles. The molecule has 0 atom stereocenters. The van der Waals surface area contributed by atoms with Gasteiger partial charge in [-0.25, -0.2) is 4.98 Å². The summed E-state index contributed by atoms with van der Waals surface area (Å²) in [5, 5.41) is 0. The summed E-state index contributed by atoms with van der Waals surface area (Å²) in [5.74, 6) is 0.0401. The molecule has 1 aliphatic carbocycles. The molecular formula is C16H18N2O. The van der Waals surface area contributed by atoms with E-state index in [4.69, 9.17) is 0 Å². The van der Waals surface area contributed by atoms with Gasteiger partial charge < -0.3 is 0 Å². The van der Waals surface area contributed by atoms with Crippen LogP contribution in [0.3, 0.4) is 0 Å². The van der Waals surface area contributed by atoms with Gasteiger partial charge in [0.25, 0.3) is 5.91 Å². The molecular weight excluding hydrogens is 236 g/mol. The van der Waals surface area contributed by atoms with Crippen molar-refractivity contribution in [1.29, 1.82) is 0 Å². The molecule has 0 saturated heterocycles. The first-order valence-electron chi connectivity index (χ1n) is 6.98. The molecule has 3 rings (SSSR count). The lowest BCUT2D eigenvalue weighted by atomic mass is 10.0. The number of imidazole rings is 1. The van der Waals surface area contributed by atoms with Gasteiger partial charge in [-0.3, -0.25) is 9.36 Å². The minimum atomic E-state index is 0.0401. The van der Waals surface area contributed by atoms with Crippen LogP contribution in [0.5, 0.6) is 0 Å². The maximum absolute atomic E-state index is 12.5. The minimum Gasteiger partial charge on any atom is -0.269 e. The number of fused-ring (bicyclic) bond motifs is 1. The Balaban J connectivity index is 1.92. The Morgan fingerprint density at radius 2 is 1.95 bits per heavy atom. The molecule has 0 bridgehead atoms. The highest BCUT2D eigenvalue weighted by atomic mass is 16.2. The Morgan fingerprint density at radius 1 is 1.21 bits per heavy atom. The summed E-state index contributed by atoms with van der Waals surface area (Å²) in [4.78, 5) is 16.9. The number of carbonyl (C=O) groups is 1. The zero-order valence-electron chi connectivity index (χ0n) is 11.2. The number of carbonyl (C=O) groups excluding carboxylic acids is 1. The van der Waals surface area contributed by atoms with Crippen molar-refractivity contribution in [2.45, 2.75) is 39.0 Å². The fourth-order valence-electron chi connectivity index (χ4n) is 2.67. The molecule has 2 aromatic rings. The van der Waals surface area contributed by atoms with Gasteiger partial charge in [-0.15, -0.1) is 0 Å². The van der Waals surface area contributed by atoms with Crippen LogP contribution in [-0.4, -0.2) is 15.5 Å². The Labute approximate surface area is 113 Å². The minimum absolute atomic E-state index is 0.0401. The molecule has 0 unspecified atom stereocenters. The summed E-state index contributed by atoms with van der Waals surface area (Å²) in [6.45, 7) is 2.11. The molecule has 3 nitrogen and oxygen atoms in total. The van der Waals surface area contributed by atoms with Crippen LogP contribution >= 0.6 is 0 Å². The lowest BCUT2D eigenvalue weighted by molar-refractivity contribution is 0.0956. The number of nitrogens with zero attached hydrogens (tertiary/aromatic N) is 2. The molecule has 0 amide bonds. The van der Waals surface area contributed by atoms with E-state index in [1.165, 1.54) is 12.0 Å². The average molecular weight is 254 g/mol. The van der Waals surface area contributed by atoms with Gasteiger partial charge in [-0.2, -0.15) is 0 Å². The molecule has 1 heterocycles. The van der Waals surface area contributed by atoms with E-state index in [0.29, 0.717) is 0 Å². The van der Waals surface area contributed by atoms with E-state index in [2.05, 4.69) is 11.9 Å². The second-order valence-corrected chi connectivity index (χ2v) is 5.07. The molecule has 19 heavy (non-hydrogen) atoms. The molecule has 1 aromatic heterocycles. The van der Waals surface area contributed by atoms with Crippen molar-refractivity contribution < 1.29 is 4.79 Å². The number of aryl methyl sites for hydroxylation is 2. The van der Waals surface area contributed by atoms with Crippen LogP contribution in [0.4, 0.5) is 0 Å². The summed E-state index contributed by atoms with van der Waals surface area (Å²) in [6, 6.07) is 7.87. The van der Waals surface area contributed by atoms with E-state index >= 15 is 0 Å². The Morgan fingerprint density at radius 3 is 2.68 bits per heavy atom. The topological polar surface area (TPSA) is 34.9 Å². The average Bonchev–Trinajstić information content (AvgIpc) is 2.90. The van der Waals surface area contributed by atoms with Crippen molar-refractivity contribution in [3.63, 3.8) is 0 Å². The van der Waals surface area contributed by atoms with Crippen LogP contribution in [0, 0.1) is 0 Å². The SMILES string of the molecule is CCc1ccc(C(=O)n2cnc3c2CCCC3)cc1. The summed E-state index contributed by atoms with van der Waals surface area (Å²) < 4.78 is 1.73. The van der Waals surface area contributed by atoms with Crippen LogP contribution in [0.25, 0.3) is 0 Å². The van der Waals surface area contributed by atoms with E-state index in [0.717, 1.165) is 42.6 Å². The van der Waals surface area contributed by atoms with E-state index < -0.39 is 0 Å². The summed E-state index contributed by atoms with van der Waals surface area (Å²) >= 11 is 0. The first-order valence-corrected chi connectivity index (χ1v) is 6.98. The van der Waals surface area contributed by atoms with Crippen molar-refractivity contribution in [3.05, 3.63) is 53.1 Å². The van der Waals surface area contributed by atoms with Crippen LogP contribution in [0.15, 0.2) is 30.6 Å². The van der Waals surface area contributed by atoms with Gasteiger partial charge >= 0.3 is 0 Å². The maximum Gasteiger partial charge on any atom is 0.263 e. The Bertz CT molecular complexity index is 596. The van der Waals surface area contributed by atoms with Crippen molar-refractivity contribution >= 4 is 5.91 Å². The lowest BCUT2D eigenvalue weighted by Gasteiger charge is -2.13. The van der Waals surface area contributed by atoms with Gasteiger partial charge in [0.2, 0.25) is 0 Å². The monoisotopic (exact) mass is 254 g/mol. The van der Waals surface area contributed by atoms with Crippen molar-refractivity contribution in [2.24, 2.45) is 0 Å². The van der Waals surface area contributed by atoms with Crippen LogP contribution in [-0.2, 0) is 19.3 Å². The first kappa shape index (κ1) is 12.2. The van der Waals surface area contributed by atoms with Gasteiger partial charge in [0.1, 0.15) is 6.33 Å². The summed E-state index contributed by atoms with van der Waals surface area (Å²) in [6.07, 6.45) is 6.99. The van der Waals surface area contributed by atoms with Gasteiger partial charge in [-0.1, -0.05) is 19.1 Å². The van der Waals surface area contributed by atoms with Crippen LogP contribution < -0.4 is 0 Å². The second-order valence-electron chi connectivity index (χ2n) is 5.07. The van der Waals surface area contributed by atoms with E-state index in [9.17, 15) is 4.79 Å². The van der Waals surface area contributed by atoms with Gasteiger partial charge in [0.15, 0.2) is 0 Å². The lowest BCUT2D eigenvalue weighted by Crippen LogP contribution is -2.16. The molecule has 0 N–H and O–H groups in total. The third kappa shape index (κ3) is 2.21.